The van der Waals surface area contributed by atoms with E-state index in [0.29, 0.717) is 6.42 Å². The van der Waals surface area contributed by atoms with E-state index >= 15 is 0 Å². The van der Waals surface area contributed by atoms with Gasteiger partial charge in [-0.2, -0.15) is 0 Å². The van der Waals surface area contributed by atoms with E-state index in [1.165, 1.54) is 26.4 Å². The molecule has 6 nitrogen and oxygen atoms in total. The summed E-state index contributed by atoms with van der Waals surface area (Å²) < 4.78 is 4.73. The van der Waals surface area contributed by atoms with E-state index < -0.39 is 12.1 Å². The second kappa shape index (κ2) is 9.74. The molecule has 27 heavy (non-hydrogen) atoms. The molecule has 1 aliphatic carbocycles. The smallest absolute Gasteiger partial charge is 0.407 e. The van der Waals surface area contributed by atoms with Gasteiger partial charge in [0.05, 0.1) is 7.11 Å². The number of hydrogen-bond acceptors (Lipinski definition) is 4. The highest BCUT2D eigenvalue weighted by molar-refractivity contribution is 5.86. The van der Waals surface area contributed by atoms with Gasteiger partial charge >= 0.3 is 6.09 Å². The lowest BCUT2D eigenvalue weighted by Crippen LogP contribution is -2.50. The highest BCUT2D eigenvalue weighted by Crippen LogP contribution is 2.27. The van der Waals surface area contributed by atoms with E-state index in [1.807, 2.05) is 35.2 Å². The zero-order valence-corrected chi connectivity index (χ0v) is 16.2. The van der Waals surface area contributed by atoms with Crippen LogP contribution in [0.5, 0.6) is 0 Å². The number of benzene rings is 1. The number of methoxy groups -OCH3 is 1. The Balaban J connectivity index is 1.60. The molecule has 0 aromatic heterocycles. The Morgan fingerprint density at radius 1 is 1.11 bits per heavy atom. The van der Waals surface area contributed by atoms with Gasteiger partial charge in [-0.05, 0) is 37.3 Å². The molecule has 0 spiro atoms. The van der Waals surface area contributed by atoms with Crippen molar-refractivity contribution in [3.8, 4) is 0 Å². The first-order valence-electron chi connectivity index (χ1n) is 10.0. The fraction of sp³-hybridized carbons (Fsp3) is 0.619. The van der Waals surface area contributed by atoms with Gasteiger partial charge in [0.2, 0.25) is 5.91 Å². The van der Waals surface area contributed by atoms with Gasteiger partial charge in [0.15, 0.2) is 0 Å². The molecule has 0 bridgehead atoms. The Labute approximate surface area is 161 Å². The summed E-state index contributed by atoms with van der Waals surface area (Å²) in [7, 11) is 1.32. The minimum Gasteiger partial charge on any atom is -0.453 e. The molecule has 1 aliphatic heterocycles. The van der Waals surface area contributed by atoms with Crippen molar-refractivity contribution >= 4 is 12.0 Å². The fourth-order valence-electron chi connectivity index (χ4n) is 3.89. The fourth-order valence-corrected chi connectivity index (χ4v) is 3.89. The van der Waals surface area contributed by atoms with Crippen LogP contribution >= 0.6 is 0 Å². The van der Waals surface area contributed by atoms with E-state index in [2.05, 4.69) is 10.2 Å². The van der Waals surface area contributed by atoms with E-state index in [9.17, 15) is 9.59 Å². The largest absolute Gasteiger partial charge is 0.453 e. The van der Waals surface area contributed by atoms with Crippen LogP contribution in [0, 0.1) is 5.92 Å². The first-order valence-corrected chi connectivity index (χ1v) is 10.0. The third kappa shape index (κ3) is 5.70. The number of carbonyl (C=O) groups is 2. The highest BCUT2D eigenvalue weighted by atomic mass is 16.5. The molecule has 2 aliphatic rings. The average molecular weight is 373 g/mol. The molecule has 1 saturated heterocycles. The summed E-state index contributed by atoms with van der Waals surface area (Å²) >= 11 is 0. The molecule has 1 heterocycles. The lowest BCUT2D eigenvalue weighted by Gasteiger charge is -2.31. The number of rotatable bonds is 6. The predicted molar refractivity (Wildman–Crippen MR) is 104 cm³/mol. The minimum absolute atomic E-state index is 0.0188. The molecule has 148 valence electrons. The highest BCUT2D eigenvalue weighted by Gasteiger charge is 2.29. The number of nitrogens with one attached hydrogen (secondary N) is 1. The topological polar surface area (TPSA) is 61.9 Å². The van der Waals surface area contributed by atoms with E-state index in [1.54, 1.807) is 0 Å². The van der Waals surface area contributed by atoms with E-state index in [0.717, 1.165) is 50.6 Å². The van der Waals surface area contributed by atoms with E-state index in [4.69, 9.17) is 4.74 Å². The Bertz CT molecular complexity index is 618. The zero-order valence-electron chi connectivity index (χ0n) is 16.2. The predicted octanol–water partition coefficient (Wildman–Crippen LogP) is 2.29. The Morgan fingerprint density at radius 3 is 2.56 bits per heavy atom. The van der Waals surface area contributed by atoms with Gasteiger partial charge < -0.3 is 19.9 Å². The molecule has 1 saturated carbocycles. The number of ether oxygens (including phenoxy) is 1. The van der Waals surface area contributed by atoms with Crippen LogP contribution in [0.3, 0.4) is 0 Å². The van der Waals surface area contributed by atoms with Crippen molar-refractivity contribution in [3.63, 3.8) is 0 Å². The summed E-state index contributed by atoms with van der Waals surface area (Å²) in [6.45, 7) is 4.59. The molecule has 3 rings (SSSR count). The van der Waals surface area contributed by atoms with Gasteiger partial charge in [-0.1, -0.05) is 36.8 Å². The quantitative estimate of drug-likeness (QED) is 0.831. The maximum Gasteiger partial charge on any atom is 0.407 e. The molecule has 6 heteroatoms. The second-order valence-electron chi connectivity index (χ2n) is 7.65. The molecule has 2 amide bonds. The van der Waals surface area contributed by atoms with Crippen molar-refractivity contribution in [2.45, 2.75) is 38.1 Å². The van der Waals surface area contributed by atoms with Crippen LogP contribution in [0.25, 0.3) is 0 Å². The molecule has 1 atom stereocenters. The summed E-state index contributed by atoms with van der Waals surface area (Å²) in [5.74, 6) is 0.828. The van der Waals surface area contributed by atoms with Crippen molar-refractivity contribution in [3.05, 3.63) is 35.9 Å². The van der Waals surface area contributed by atoms with Crippen LogP contribution in [0.2, 0.25) is 0 Å². The van der Waals surface area contributed by atoms with Crippen LogP contribution in [0.15, 0.2) is 30.3 Å². The molecule has 1 aromatic carbocycles. The Hall–Kier alpha value is -2.08. The van der Waals surface area contributed by atoms with Crippen LogP contribution in [0.4, 0.5) is 4.79 Å². The Morgan fingerprint density at radius 2 is 1.89 bits per heavy atom. The van der Waals surface area contributed by atoms with E-state index in [-0.39, 0.29) is 5.91 Å². The second-order valence-corrected chi connectivity index (χ2v) is 7.65. The van der Waals surface area contributed by atoms with Gasteiger partial charge in [0.1, 0.15) is 6.04 Å². The third-order valence-electron chi connectivity index (χ3n) is 5.70. The Kier molecular flexibility index (Phi) is 7.10. The van der Waals surface area contributed by atoms with Crippen molar-refractivity contribution in [2.24, 2.45) is 5.92 Å². The van der Waals surface area contributed by atoms with Gasteiger partial charge in [0.25, 0.3) is 0 Å². The SMILES string of the molecule is COC(=O)NC(Cc1ccccc1)C(=O)N1CCCN(CC2CCC2)CC1. The summed E-state index contributed by atoms with van der Waals surface area (Å²) in [6.07, 6.45) is 4.95. The van der Waals surface area contributed by atoms with Gasteiger partial charge in [-0.3, -0.25) is 4.79 Å². The molecule has 1 N–H and O–H groups in total. The summed E-state index contributed by atoms with van der Waals surface area (Å²) in [5, 5.41) is 2.73. The number of carbonyl (C=O) groups excluding carboxylic acids is 2. The number of alkyl carbamates (subject to hydrolysis) is 1. The summed E-state index contributed by atoms with van der Waals surface area (Å²) in [5.41, 5.74) is 1.02. The first-order chi connectivity index (χ1) is 13.2. The maximum atomic E-state index is 13.1. The molecule has 0 radical (unpaired) electrons. The average Bonchev–Trinajstić information content (AvgIpc) is 2.90. The molecule has 2 fully saturated rings. The number of hydrogen-bond donors (Lipinski definition) is 1. The minimum atomic E-state index is -0.599. The molecule has 1 unspecified atom stereocenters. The van der Waals surface area contributed by atoms with Crippen LogP contribution < -0.4 is 5.32 Å². The maximum absolute atomic E-state index is 13.1. The van der Waals surface area contributed by atoms with Crippen LogP contribution in [0.1, 0.15) is 31.2 Å². The van der Waals surface area contributed by atoms with Crippen molar-refractivity contribution in [2.75, 3.05) is 39.8 Å². The summed E-state index contributed by atoms with van der Waals surface area (Å²) in [6, 6.07) is 9.18. The first kappa shape index (κ1) is 19.7. The third-order valence-corrected chi connectivity index (χ3v) is 5.70. The number of nitrogens with zero attached hydrogens (tertiary/aromatic N) is 2. The van der Waals surface area contributed by atoms with Crippen molar-refractivity contribution < 1.29 is 14.3 Å². The van der Waals surface area contributed by atoms with Gasteiger partial charge in [-0.25, -0.2) is 4.79 Å². The monoisotopic (exact) mass is 373 g/mol. The van der Waals surface area contributed by atoms with Gasteiger partial charge in [0, 0.05) is 32.6 Å². The molecule has 1 aromatic rings. The summed E-state index contributed by atoms with van der Waals surface area (Å²) in [4.78, 5) is 29.3. The van der Waals surface area contributed by atoms with Gasteiger partial charge in [-0.15, -0.1) is 0 Å². The van der Waals surface area contributed by atoms with Crippen molar-refractivity contribution in [1.29, 1.82) is 0 Å². The van der Waals surface area contributed by atoms with Crippen LogP contribution in [-0.2, 0) is 16.0 Å². The van der Waals surface area contributed by atoms with Crippen LogP contribution in [-0.4, -0.2) is 67.7 Å². The standard InChI is InChI=1S/C21H31N3O3/c1-27-21(26)22-19(15-17-7-3-2-4-8-17)20(25)24-12-6-11-23(13-14-24)16-18-9-5-10-18/h2-4,7-8,18-19H,5-6,9-16H2,1H3,(H,22,26). The van der Waals surface area contributed by atoms with Crippen molar-refractivity contribution in [1.82, 2.24) is 15.1 Å². The molecular weight excluding hydrogens is 342 g/mol. The zero-order chi connectivity index (χ0) is 19.1. The normalized spacial score (nSPS) is 19.7. The molecular formula is C21H31N3O3. The lowest BCUT2D eigenvalue weighted by atomic mass is 9.85. The number of amides is 2. The lowest BCUT2D eigenvalue weighted by molar-refractivity contribution is -0.133.